The van der Waals surface area contributed by atoms with Crippen molar-refractivity contribution in [2.24, 2.45) is 0 Å². The molecule has 2 aromatic rings. The van der Waals surface area contributed by atoms with Crippen molar-refractivity contribution in [3.63, 3.8) is 0 Å². The maximum Gasteiger partial charge on any atom is 0.233 e. The molecule has 0 unspecified atom stereocenters. The van der Waals surface area contributed by atoms with Gasteiger partial charge in [0.2, 0.25) is 17.7 Å². The Hall–Kier alpha value is -3.19. The number of anilines is 2. The molecule has 3 amide bonds. The van der Waals surface area contributed by atoms with Crippen molar-refractivity contribution in [3.05, 3.63) is 60.2 Å². The molecule has 152 valence electrons. The first kappa shape index (κ1) is 20.5. The van der Waals surface area contributed by atoms with Crippen LogP contribution in [0.4, 0.5) is 11.4 Å². The standard InChI is InChI=1S/C22H26N4O3/c1-17(27)23-19-8-5-9-20(14-19)24-21(28)15-22(29)26-12-10-25(11-13-26)16-18-6-3-2-4-7-18/h2-9,14H,10-13,15-16H2,1H3,(H,23,27)(H,24,28). The van der Waals surface area contributed by atoms with E-state index in [1.54, 1.807) is 29.2 Å². The molecule has 0 bridgehead atoms. The Kier molecular flexibility index (Phi) is 6.97. The number of benzene rings is 2. The minimum Gasteiger partial charge on any atom is -0.340 e. The van der Waals surface area contributed by atoms with Crippen LogP contribution in [0.3, 0.4) is 0 Å². The summed E-state index contributed by atoms with van der Waals surface area (Å²) in [6.07, 6.45) is -0.191. The number of nitrogens with zero attached hydrogens (tertiary/aromatic N) is 2. The van der Waals surface area contributed by atoms with Gasteiger partial charge in [-0.05, 0) is 23.8 Å². The van der Waals surface area contributed by atoms with Gasteiger partial charge in [-0.1, -0.05) is 36.4 Å². The van der Waals surface area contributed by atoms with Crippen molar-refractivity contribution in [1.29, 1.82) is 0 Å². The molecule has 3 rings (SSSR count). The van der Waals surface area contributed by atoms with Gasteiger partial charge >= 0.3 is 0 Å². The van der Waals surface area contributed by atoms with E-state index in [1.165, 1.54) is 12.5 Å². The molecule has 1 aliphatic rings. The average Bonchev–Trinajstić information content (AvgIpc) is 2.69. The molecular weight excluding hydrogens is 368 g/mol. The molecule has 2 N–H and O–H groups in total. The monoisotopic (exact) mass is 394 g/mol. The number of piperazine rings is 1. The Balaban J connectivity index is 1.44. The van der Waals surface area contributed by atoms with E-state index < -0.39 is 0 Å². The summed E-state index contributed by atoms with van der Waals surface area (Å²) in [5.74, 6) is -0.711. The van der Waals surface area contributed by atoms with Gasteiger partial charge in [-0.2, -0.15) is 0 Å². The van der Waals surface area contributed by atoms with E-state index in [1.807, 2.05) is 18.2 Å². The van der Waals surface area contributed by atoms with E-state index in [-0.39, 0.29) is 24.1 Å². The predicted molar refractivity (Wildman–Crippen MR) is 112 cm³/mol. The zero-order valence-electron chi connectivity index (χ0n) is 16.6. The quantitative estimate of drug-likeness (QED) is 0.737. The van der Waals surface area contributed by atoms with Gasteiger partial charge < -0.3 is 15.5 Å². The van der Waals surface area contributed by atoms with Crippen molar-refractivity contribution in [1.82, 2.24) is 9.80 Å². The Morgan fingerprint density at radius 2 is 1.52 bits per heavy atom. The highest BCUT2D eigenvalue weighted by Crippen LogP contribution is 2.16. The zero-order chi connectivity index (χ0) is 20.6. The molecule has 1 fully saturated rings. The van der Waals surface area contributed by atoms with Crippen LogP contribution in [-0.4, -0.2) is 53.7 Å². The SMILES string of the molecule is CC(=O)Nc1cccc(NC(=O)CC(=O)N2CCN(Cc3ccccc3)CC2)c1. The normalized spacial score (nSPS) is 14.3. The number of rotatable bonds is 6. The third-order valence-corrected chi connectivity index (χ3v) is 4.75. The molecule has 1 heterocycles. The molecule has 0 aromatic heterocycles. The van der Waals surface area contributed by atoms with Crippen LogP contribution in [0.5, 0.6) is 0 Å². The Morgan fingerprint density at radius 3 is 2.17 bits per heavy atom. The van der Waals surface area contributed by atoms with Crippen LogP contribution in [0.2, 0.25) is 0 Å². The maximum atomic E-state index is 12.5. The van der Waals surface area contributed by atoms with Crippen LogP contribution in [0.25, 0.3) is 0 Å². The first-order valence-electron chi connectivity index (χ1n) is 9.71. The number of hydrogen-bond donors (Lipinski definition) is 2. The fourth-order valence-corrected chi connectivity index (χ4v) is 3.33. The topological polar surface area (TPSA) is 81.8 Å². The first-order chi connectivity index (χ1) is 14.0. The lowest BCUT2D eigenvalue weighted by molar-refractivity contribution is -0.136. The predicted octanol–water partition coefficient (Wildman–Crippen LogP) is 2.32. The molecule has 0 radical (unpaired) electrons. The van der Waals surface area contributed by atoms with Crippen molar-refractivity contribution in [2.75, 3.05) is 36.8 Å². The zero-order valence-corrected chi connectivity index (χ0v) is 16.6. The van der Waals surface area contributed by atoms with Gasteiger partial charge in [0, 0.05) is 51.0 Å². The third-order valence-electron chi connectivity index (χ3n) is 4.75. The van der Waals surface area contributed by atoms with Crippen molar-refractivity contribution in [2.45, 2.75) is 19.9 Å². The van der Waals surface area contributed by atoms with E-state index in [4.69, 9.17) is 0 Å². The van der Waals surface area contributed by atoms with Crippen molar-refractivity contribution < 1.29 is 14.4 Å². The molecule has 0 saturated carbocycles. The molecule has 0 atom stereocenters. The van der Waals surface area contributed by atoms with Crippen LogP contribution < -0.4 is 10.6 Å². The van der Waals surface area contributed by atoms with Gasteiger partial charge in [0.15, 0.2) is 0 Å². The summed E-state index contributed by atoms with van der Waals surface area (Å²) in [4.78, 5) is 39.9. The van der Waals surface area contributed by atoms with Crippen LogP contribution in [0.1, 0.15) is 18.9 Å². The van der Waals surface area contributed by atoms with Crippen LogP contribution in [-0.2, 0) is 20.9 Å². The number of nitrogens with one attached hydrogen (secondary N) is 2. The van der Waals surface area contributed by atoms with Gasteiger partial charge in [0.25, 0.3) is 0 Å². The van der Waals surface area contributed by atoms with E-state index >= 15 is 0 Å². The van der Waals surface area contributed by atoms with Crippen molar-refractivity contribution in [3.8, 4) is 0 Å². The highest BCUT2D eigenvalue weighted by Gasteiger charge is 2.22. The summed E-state index contributed by atoms with van der Waals surface area (Å²) in [6, 6.07) is 17.1. The second-order valence-corrected chi connectivity index (χ2v) is 7.13. The van der Waals surface area contributed by atoms with Gasteiger partial charge in [-0.3, -0.25) is 19.3 Å². The second-order valence-electron chi connectivity index (χ2n) is 7.13. The number of amides is 3. The average molecular weight is 394 g/mol. The lowest BCUT2D eigenvalue weighted by Gasteiger charge is -2.34. The molecule has 1 aliphatic heterocycles. The summed E-state index contributed by atoms with van der Waals surface area (Å²) in [5, 5.41) is 5.38. The molecule has 29 heavy (non-hydrogen) atoms. The highest BCUT2D eigenvalue weighted by atomic mass is 16.2. The Bertz CT molecular complexity index is 861. The van der Waals surface area contributed by atoms with Crippen LogP contribution in [0.15, 0.2) is 54.6 Å². The molecule has 7 nitrogen and oxygen atoms in total. The molecular formula is C22H26N4O3. The minimum atomic E-state index is -0.360. The molecule has 2 aromatic carbocycles. The molecule has 7 heteroatoms. The fourth-order valence-electron chi connectivity index (χ4n) is 3.33. The van der Waals surface area contributed by atoms with E-state index in [0.717, 1.165) is 19.6 Å². The van der Waals surface area contributed by atoms with Gasteiger partial charge in [-0.15, -0.1) is 0 Å². The van der Waals surface area contributed by atoms with E-state index in [2.05, 4.69) is 27.7 Å². The number of carbonyl (C=O) groups excluding carboxylic acids is 3. The number of hydrogen-bond acceptors (Lipinski definition) is 4. The van der Waals surface area contributed by atoms with E-state index in [0.29, 0.717) is 24.5 Å². The van der Waals surface area contributed by atoms with Crippen molar-refractivity contribution >= 4 is 29.1 Å². The molecule has 0 aliphatic carbocycles. The summed E-state index contributed by atoms with van der Waals surface area (Å²) >= 11 is 0. The summed E-state index contributed by atoms with van der Waals surface area (Å²) < 4.78 is 0. The maximum absolute atomic E-state index is 12.5. The summed E-state index contributed by atoms with van der Waals surface area (Å²) in [7, 11) is 0. The third kappa shape index (κ3) is 6.43. The highest BCUT2D eigenvalue weighted by molar-refractivity contribution is 6.04. The van der Waals surface area contributed by atoms with Gasteiger partial charge in [-0.25, -0.2) is 0 Å². The number of carbonyl (C=O) groups is 3. The smallest absolute Gasteiger partial charge is 0.233 e. The fraction of sp³-hybridized carbons (Fsp3) is 0.318. The summed E-state index contributed by atoms with van der Waals surface area (Å²) in [6.45, 7) is 5.12. The molecule has 0 spiro atoms. The minimum absolute atomic E-state index is 0.167. The Morgan fingerprint density at radius 1 is 0.862 bits per heavy atom. The van der Waals surface area contributed by atoms with E-state index in [9.17, 15) is 14.4 Å². The lowest BCUT2D eigenvalue weighted by atomic mass is 10.2. The van der Waals surface area contributed by atoms with Gasteiger partial charge in [0.05, 0.1) is 0 Å². The first-order valence-corrected chi connectivity index (χ1v) is 9.71. The molecule has 1 saturated heterocycles. The van der Waals surface area contributed by atoms with Crippen LogP contribution in [0, 0.1) is 0 Å². The van der Waals surface area contributed by atoms with Gasteiger partial charge in [0.1, 0.15) is 6.42 Å². The Labute approximate surface area is 170 Å². The lowest BCUT2D eigenvalue weighted by Crippen LogP contribution is -2.48. The second kappa shape index (κ2) is 9.84. The summed E-state index contributed by atoms with van der Waals surface area (Å²) in [5.41, 5.74) is 2.39. The largest absolute Gasteiger partial charge is 0.340 e. The van der Waals surface area contributed by atoms with Crippen LogP contribution >= 0.6 is 0 Å².